The molecule has 0 saturated carbocycles. The Bertz CT molecular complexity index is 465. The topological polar surface area (TPSA) is 52.0 Å². The van der Waals surface area contributed by atoms with Crippen molar-refractivity contribution in [3.05, 3.63) is 35.6 Å². The number of nitrogens with zero attached hydrogens (tertiary/aromatic N) is 1. The standard InChI is InChI=1S/C10H9FN2O/c1-6-7(3-2-4-8(6)11)9-5-10(12)14-13-9/h2-5H,12H2,1H3. The molecule has 0 saturated heterocycles. The second-order valence-electron chi connectivity index (χ2n) is 3.03. The molecule has 0 unspecified atom stereocenters. The number of hydrogen-bond donors (Lipinski definition) is 1. The van der Waals surface area contributed by atoms with Gasteiger partial charge in [0, 0.05) is 11.6 Å². The van der Waals surface area contributed by atoms with E-state index in [1.54, 1.807) is 25.1 Å². The Hall–Kier alpha value is -1.84. The van der Waals surface area contributed by atoms with E-state index < -0.39 is 0 Å². The minimum absolute atomic E-state index is 0.226. The van der Waals surface area contributed by atoms with Crippen LogP contribution in [0.2, 0.25) is 0 Å². The van der Waals surface area contributed by atoms with Gasteiger partial charge in [0.25, 0.3) is 0 Å². The number of nitrogen functional groups attached to an aromatic ring is 1. The molecule has 0 bridgehead atoms. The first-order valence-electron chi connectivity index (χ1n) is 4.16. The molecule has 0 fully saturated rings. The molecular weight excluding hydrogens is 183 g/mol. The van der Waals surface area contributed by atoms with Crippen LogP contribution in [-0.2, 0) is 0 Å². The van der Waals surface area contributed by atoms with Crippen LogP contribution < -0.4 is 5.73 Å². The Morgan fingerprint density at radius 1 is 1.43 bits per heavy atom. The van der Waals surface area contributed by atoms with Crippen LogP contribution in [0.1, 0.15) is 5.56 Å². The van der Waals surface area contributed by atoms with Crippen molar-refractivity contribution in [2.24, 2.45) is 0 Å². The van der Waals surface area contributed by atoms with E-state index in [0.29, 0.717) is 16.8 Å². The monoisotopic (exact) mass is 192 g/mol. The lowest BCUT2D eigenvalue weighted by Gasteiger charge is -2.01. The highest BCUT2D eigenvalue weighted by molar-refractivity contribution is 5.64. The summed E-state index contributed by atoms with van der Waals surface area (Å²) in [6, 6.07) is 6.38. The second kappa shape index (κ2) is 3.14. The number of rotatable bonds is 1. The maximum absolute atomic E-state index is 13.2. The summed E-state index contributed by atoms with van der Waals surface area (Å²) in [5.41, 5.74) is 7.18. The number of benzene rings is 1. The predicted octanol–water partition coefficient (Wildman–Crippen LogP) is 2.37. The summed E-state index contributed by atoms with van der Waals surface area (Å²) in [6.07, 6.45) is 0. The fourth-order valence-electron chi connectivity index (χ4n) is 1.30. The van der Waals surface area contributed by atoms with Crippen LogP contribution in [0.15, 0.2) is 28.8 Å². The normalized spacial score (nSPS) is 10.4. The van der Waals surface area contributed by atoms with Crippen molar-refractivity contribution < 1.29 is 8.91 Å². The van der Waals surface area contributed by atoms with Crippen LogP contribution in [0.25, 0.3) is 11.3 Å². The molecule has 4 heteroatoms. The highest BCUT2D eigenvalue weighted by Crippen LogP contribution is 2.25. The SMILES string of the molecule is Cc1c(F)cccc1-c1cc(N)on1. The van der Waals surface area contributed by atoms with Gasteiger partial charge in [-0.2, -0.15) is 0 Å². The van der Waals surface area contributed by atoms with Crippen molar-refractivity contribution in [2.75, 3.05) is 5.73 Å². The van der Waals surface area contributed by atoms with Gasteiger partial charge in [0.2, 0.25) is 5.88 Å². The van der Waals surface area contributed by atoms with E-state index in [4.69, 9.17) is 10.3 Å². The van der Waals surface area contributed by atoms with Gasteiger partial charge in [-0.3, -0.25) is 0 Å². The van der Waals surface area contributed by atoms with E-state index in [1.165, 1.54) is 6.07 Å². The van der Waals surface area contributed by atoms with Crippen LogP contribution in [0, 0.1) is 12.7 Å². The molecule has 0 radical (unpaired) electrons. The molecule has 2 aromatic rings. The molecule has 2 N–H and O–H groups in total. The minimum Gasteiger partial charge on any atom is -0.368 e. The van der Waals surface area contributed by atoms with Crippen LogP contribution in [0.5, 0.6) is 0 Å². The predicted molar refractivity (Wildman–Crippen MR) is 51.0 cm³/mol. The number of hydrogen-bond acceptors (Lipinski definition) is 3. The van der Waals surface area contributed by atoms with Gasteiger partial charge in [0.05, 0.1) is 0 Å². The van der Waals surface area contributed by atoms with Crippen molar-refractivity contribution in [1.29, 1.82) is 0 Å². The summed E-state index contributed by atoms with van der Waals surface area (Å²) in [7, 11) is 0. The zero-order chi connectivity index (χ0) is 10.1. The van der Waals surface area contributed by atoms with Crippen molar-refractivity contribution in [3.63, 3.8) is 0 Å². The summed E-state index contributed by atoms with van der Waals surface area (Å²) in [5.74, 6) is -0.0345. The van der Waals surface area contributed by atoms with E-state index in [1.807, 2.05) is 0 Å². The summed E-state index contributed by atoms with van der Waals surface area (Å²) in [6.45, 7) is 1.69. The lowest BCUT2D eigenvalue weighted by Crippen LogP contribution is -1.87. The van der Waals surface area contributed by atoms with E-state index in [-0.39, 0.29) is 11.7 Å². The maximum atomic E-state index is 13.2. The zero-order valence-electron chi connectivity index (χ0n) is 7.62. The van der Waals surface area contributed by atoms with Crippen LogP contribution >= 0.6 is 0 Å². The van der Waals surface area contributed by atoms with Gasteiger partial charge in [0.1, 0.15) is 11.5 Å². The molecule has 0 aliphatic carbocycles. The molecule has 0 atom stereocenters. The fourth-order valence-corrected chi connectivity index (χ4v) is 1.30. The molecule has 1 heterocycles. The second-order valence-corrected chi connectivity index (χ2v) is 3.03. The summed E-state index contributed by atoms with van der Waals surface area (Å²) < 4.78 is 17.9. The molecule has 0 aliphatic heterocycles. The Kier molecular flexibility index (Phi) is 1.96. The molecule has 1 aromatic carbocycles. The number of nitrogens with two attached hydrogens (primary N) is 1. The lowest BCUT2D eigenvalue weighted by molar-refractivity contribution is 0.439. The Morgan fingerprint density at radius 2 is 2.21 bits per heavy atom. The van der Waals surface area contributed by atoms with Gasteiger partial charge < -0.3 is 10.3 Å². The van der Waals surface area contributed by atoms with Gasteiger partial charge >= 0.3 is 0 Å². The molecule has 2 rings (SSSR count). The quantitative estimate of drug-likeness (QED) is 0.754. The van der Waals surface area contributed by atoms with Crippen LogP contribution in [-0.4, -0.2) is 5.16 Å². The number of aromatic nitrogens is 1. The van der Waals surface area contributed by atoms with Gasteiger partial charge in [-0.15, -0.1) is 0 Å². The van der Waals surface area contributed by atoms with E-state index in [0.717, 1.165) is 0 Å². The molecule has 0 spiro atoms. The lowest BCUT2D eigenvalue weighted by atomic mass is 10.1. The smallest absolute Gasteiger partial charge is 0.222 e. The van der Waals surface area contributed by atoms with Crippen LogP contribution in [0.4, 0.5) is 10.3 Å². The maximum Gasteiger partial charge on any atom is 0.222 e. The molecule has 1 aromatic heterocycles. The van der Waals surface area contributed by atoms with Gasteiger partial charge in [-0.25, -0.2) is 4.39 Å². The van der Waals surface area contributed by atoms with E-state index >= 15 is 0 Å². The number of anilines is 1. The highest BCUT2D eigenvalue weighted by Gasteiger charge is 2.09. The number of halogens is 1. The zero-order valence-corrected chi connectivity index (χ0v) is 7.62. The molecule has 0 aliphatic rings. The molecule has 0 amide bonds. The molecular formula is C10H9FN2O. The van der Waals surface area contributed by atoms with Crippen molar-refractivity contribution in [2.45, 2.75) is 6.92 Å². The first-order valence-corrected chi connectivity index (χ1v) is 4.16. The Balaban J connectivity index is 2.57. The highest BCUT2D eigenvalue weighted by atomic mass is 19.1. The average Bonchev–Trinajstić information content (AvgIpc) is 2.57. The summed E-state index contributed by atoms with van der Waals surface area (Å²) >= 11 is 0. The third-order valence-electron chi connectivity index (χ3n) is 2.07. The third-order valence-corrected chi connectivity index (χ3v) is 2.07. The third kappa shape index (κ3) is 1.35. The van der Waals surface area contributed by atoms with Crippen molar-refractivity contribution in [3.8, 4) is 11.3 Å². The first-order chi connectivity index (χ1) is 6.68. The first kappa shape index (κ1) is 8.74. The minimum atomic E-state index is -0.260. The fraction of sp³-hybridized carbons (Fsp3) is 0.100. The average molecular weight is 192 g/mol. The van der Waals surface area contributed by atoms with Gasteiger partial charge in [0.15, 0.2) is 0 Å². The van der Waals surface area contributed by atoms with E-state index in [9.17, 15) is 4.39 Å². The largest absolute Gasteiger partial charge is 0.368 e. The van der Waals surface area contributed by atoms with Crippen molar-refractivity contribution >= 4 is 5.88 Å². The van der Waals surface area contributed by atoms with Crippen molar-refractivity contribution in [1.82, 2.24) is 5.16 Å². The van der Waals surface area contributed by atoms with Gasteiger partial charge in [-0.05, 0) is 18.6 Å². The Morgan fingerprint density at radius 3 is 2.86 bits per heavy atom. The summed E-state index contributed by atoms with van der Waals surface area (Å²) in [4.78, 5) is 0. The van der Waals surface area contributed by atoms with Gasteiger partial charge in [-0.1, -0.05) is 17.3 Å². The molecule has 14 heavy (non-hydrogen) atoms. The Labute approximate surface area is 80.3 Å². The molecule has 72 valence electrons. The summed E-state index contributed by atoms with van der Waals surface area (Å²) in [5, 5.41) is 3.72. The molecule has 3 nitrogen and oxygen atoms in total. The van der Waals surface area contributed by atoms with E-state index in [2.05, 4.69) is 5.16 Å². The van der Waals surface area contributed by atoms with Crippen LogP contribution in [0.3, 0.4) is 0 Å².